The highest BCUT2D eigenvalue weighted by Crippen LogP contribution is 2.44. The molecule has 0 amide bonds. The lowest BCUT2D eigenvalue weighted by atomic mass is 9.75. The fourth-order valence-electron chi connectivity index (χ4n) is 4.59. The van der Waals surface area contributed by atoms with E-state index in [1.165, 1.54) is 33.5 Å². The number of allylic oxidation sites excluding steroid dienone is 4. The zero-order valence-corrected chi connectivity index (χ0v) is 18.1. The van der Waals surface area contributed by atoms with Crippen LogP contribution in [0.1, 0.15) is 44.4 Å². The van der Waals surface area contributed by atoms with Gasteiger partial charge in [-0.2, -0.15) is 0 Å². The number of fused-ring (bicyclic) bond motifs is 3. The van der Waals surface area contributed by atoms with Crippen molar-refractivity contribution in [3.8, 4) is 11.1 Å². The van der Waals surface area contributed by atoms with Crippen LogP contribution in [0.5, 0.6) is 0 Å². The smallest absolute Gasteiger partial charge is 0.0491 e. The van der Waals surface area contributed by atoms with Crippen molar-refractivity contribution in [2.75, 3.05) is 0 Å². The predicted molar refractivity (Wildman–Crippen MR) is 125 cm³/mol. The van der Waals surface area contributed by atoms with Crippen LogP contribution in [-0.2, 0) is 12.8 Å². The minimum absolute atomic E-state index is 0.147. The highest BCUT2D eigenvalue weighted by molar-refractivity contribution is 5.80. The summed E-state index contributed by atoms with van der Waals surface area (Å²) in [7, 11) is 0. The highest BCUT2D eigenvalue weighted by Gasteiger charge is 2.37. The molecule has 0 spiro atoms. The normalized spacial score (nSPS) is 18.6. The van der Waals surface area contributed by atoms with Crippen molar-refractivity contribution in [1.29, 1.82) is 0 Å². The largest absolute Gasteiger partial charge is 0.343 e. The first-order chi connectivity index (χ1) is 13.8. The SMILES string of the molecule is C=CC1=CN2C(=CC1=C)c1cc(CC)c(-c3ccccc3)cc1CC2C(C)(C)C. The number of benzene rings is 2. The average molecular weight is 382 g/mol. The Balaban J connectivity index is 1.93. The van der Waals surface area contributed by atoms with Gasteiger partial charge in [-0.05, 0) is 63.8 Å². The van der Waals surface area contributed by atoms with Gasteiger partial charge in [0.1, 0.15) is 0 Å². The van der Waals surface area contributed by atoms with Crippen LogP contribution in [0.4, 0.5) is 0 Å². The quantitative estimate of drug-likeness (QED) is 0.545. The molecule has 1 heteroatoms. The summed E-state index contributed by atoms with van der Waals surface area (Å²) in [6.45, 7) is 17.5. The first-order valence-electron chi connectivity index (χ1n) is 10.6. The molecular weight excluding hydrogens is 350 g/mol. The van der Waals surface area contributed by atoms with Gasteiger partial charge in [-0.25, -0.2) is 0 Å². The summed E-state index contributed by atoms with van der Waals surface area (Å²) in [5, 5.41) is 0. The molecule has 1 nitrogen and oxygen atoms in total. The van der Waals surface area contributed by atoms with Gasteiger partial charge in [-0.1, -0.05) is 83.3 Å². The Morgan fingerprint density at radius 2 is 1.83 bits per heavy atom. The first kappa shape index (κ1) is 19.5. The van der Waals surface area contributed by atoms with Crippen molar-refractivity contribution in [2.24, 2.45) is 5.41 Å². The summed E-state index contributed by atoms with van der Waals surface area (Å²) < 4.78 is 0. The average Bonchev–Trinajstić information content (AvgIpc) is 2.71. The summed E-state index contributed by atoms with van der Waals surface area (Å²) in [4.78, 5) is 2.47. The number of aryl methyl sites for hydroxylation is 1. The Kier molecular flexibility index (Phi) is 4.86. The molecule has 29 heavy (non-hydrogen) atoms. The second-order valence-corrected chi connectivity index (χ2v) is 9.22. The van der Waals surface area contributed by atoms with E-state index in [1.54, 1.807) is 0 Å². The van der Waals surface area contributed by atoms with E-state index < -0.39 is 0 Å². The zero-order valence-electron chi connectivity index (χ0n) is 18.1. The molecule has 0 N–H and O–H groups in total. The van der Waals surface area contributed by atoms with E-state index in [-0.39, 0.29) is 5.41 Å². The molecule has 148 valence electrons. The molecule has 2 heterocycles. The van der Waals surface area contributed by atoms with Crippen LogP contribution in [-0.4, -0.2) is 10.9 Å². The second kappa shape index (κ2) is 7.22. The maximum Gasteiger partial charge on any atom is 0.0491 e. The summed E-state index contributed by atoms with van der Waals surface area (Å²) in [5.41, 5.74) is 10.4. The third-order valence-electron chi connectivity index (χ3n) is 6.28. The molecule has 0 fully saturated rings. The van der Waals surface area contributed by atoms with Gasteiger partial charge in [0.25, 0.3) is 0 Å². The number of hydrogen-bond acceptors (Lipinski definition) is 1. The molecule has 2 aliphatic rings. The number of rotatable bonds is 3. The summed E-state index contributed by atoms with van der Waals surface area (Å²) in [6.07, 6.45) is 8.46. The van der Waals surface area contributed by atoms with Crippen LogP contribution in [0.15, 0.2) is 85.1 Å². The van der Waals surface area contributed by atoms with E-state index in [4.69, 9.17) is 0 Å². The fourth-order valence-corrected chi connectivity index (χ4v) is 4.59. The molecule has 2 aliphatic heterocycles. The van der Waals surface area contributed by atoms with Gasteiger partial charge in [0.2, 0.25) is 0 Å². The van der Waals surface area contributed by atoms with Crippen LogP contribution >= 0.6 is 0 Å². The molecule has 4 rings (SSSR count). The molecule has 1 unspecified atom stereocenters. The Hall–Kier alpha value is -2.80. The van der Waals surface area contributed by atoms with Crippen LogP contribution in [0.2, 0.25) is 0 Å². The Morgan fingerprint density at radius 3 is 2.45 bits per heavy atom. The minimum atomic E-state index is 0.147. The molecule has 0 aliphatic carbocycles. The van der Waals surface area contributed by atoms with Gasteiger partial charge in [-0.15, -0.1) is 0 Å². The Labute approximate surface area is 175 Å². The van der Waals surface area contributed by atoms with Crippen LogP contribution in [0, 0.1) is 5.41 Å². The van der Waals surface area contributed by atoms with E-state index in [1.807, 2.05) is 6.08 Å². The maximum absolute atomic E-state index is 4.28. The summed E-state index contributed by atoms with van der Waals surface area (Å²) in [6, 6.07) is 16.0. The molecule has 2 aromatic rings. The summed E-state index contributed by atoms with van der Waals surface area (Å²) >= 11 is 0. The molecule has 0 saturated heterocycles. The van der Waals surface area contributed by atoms with Crippen molar-refractivity contribution in [3.63, 3.8) is 0 Å². The molecular formula is C28H31N. The lowest BCUT2D eigenvalue weighted by molar-refractivity contribution is 0.189. The number of nitrogens with zero attached hydrogens (tertiary/aromatic N) is 1. The molecule has 0 aromatic heterocycles. The monoisotopic (exact) mass is 381 g/mol. The first-order valence-corrected chi connectivity index (χ1v) is 10.6. The lowest BCUT2D eigenvalue weighted by Crippen LogP contribution is -2.45. The third kappa shape index (κ3) is 3.40. The topological polar surface area (TPSA) is 3.24 Å². The van der Waals surface area contributed by atoms with E-state index in [0.29, 0.717) is 6.04 Å². The van der Waals surface area contributed by atoms with Crippen molar-refractivity contribution in [1.82, 2.24) is 4.90 Å². The second-order valence-electron chi connectivity index (χ2n) is 9.22. The highest BCUT2D eigenvalue weighted by atomic mass is 15.2. The van der Waals surface area contributed by atoms with E-state index in [0.717, 1.165) is 24.0 Å². The van der Waals surface area contributed by atoms with Gasteiger partial charge in [0, 0.05) is 23.5 Å². The van der Waals surface area contributed by atoms with Gasteiger partial charge < -0.3 is 4.90 Å². The predicted octanol–water partition coefficient (Wildman–Crippen LogP) is 7.17. The zero-order chi connectivity index (χ0) is 20.8. The maximum atomic E-state index is 4.28. The van der Waals surface area contributed by atoms with Crippen molar-refractivity contribution < 1.29 is 0 Å². The molecule has 1 atom stereocenters. The van der Waals surface area contributed by atoms with Crippen LogP contribution in [0.3, 0.4) is 0 Å². The number of hydrogen-bond donors (Lipinski definition) is 0. The molecule has 0 saturated carbocycles. The van der Waals surface area contributed by atoms with Crippen molar-refractivity contribution >= 4 is 5.70 Å². The van der Waals surface area contributed by atoms with Gasteiger partial charge in [0.05, 0.1) is 0 Å². The Morgan fingerprint density at radius 1 is 1.10 bits per heavy atom. The van der Waals surface area contributed by atoms with Gasteiger partial charge >= 0.3 is 0 Å². The van der Waals surface area contributed by atoms with Crippen molar-refractivity contribution in [2.45, 2.75) is 46.6 Å². The van der Waals surface area contributed by atoms with Gasteiger partial charge in [0.15, 0.2) is 0 Å². The van der Waals surface area contributed by atoms with Crippen LogP contribution < -0.4 is 0 Å². The minimum Gasteiger partial charge on any atom is -0.343 e. The van der Waals surface area contributed by atoms with Crippen LogP contribution in [0.25, 0.3) is 16.8 Å². The van der Waals surface area contributed by atoms with E-state index in [2.05, 4.69) is 100 Å². The van der Waals surface area contributed by atoms with Gasteiger partial charge in [-0.3, -0.25) is 0 Å². The van der Waals surface area contributed by atoms with Crippen molar-refractivity contribution in [3.05, 3.63) is 102 Å². The Bertz CT molecular complexity index is 1030. The molecule has 0 bridgehead atoms. The summed E-state index contributed by atoms with van der Waals surface area (Å²) in [5.74, 6) is 0. The van der Waals surface area contributed by atoms with E-state index >= 15 is 0 Å². The fraction of sp³-hybridized carbons (Fsp3) is 0.286. The van der Waals surface area contributed by atoms with E-state index in [9.17, 15) is 0 Å². The standard InChI is InChI=1S/C28H31N/c1-7-20-15-25-23(16-24(20)22-12-10-9-11-13-22)17-27(28(4,5)6)29-18-21(8-2)19(3)14-26(25)29/h8-16,18,27H,2-3,7,17H2,1,4-6H3. The lowest BCUT2D eigenvalue weighted by Gasteiger charge is -2.47. The molecule has 0 radical (unpaired) electrons. The third-order valence-corrected chi connectivity index (χ3v) is 6.28. The molecule has 2 aromatic carbocycles.